The van der Waals surface area contributed by atoms with Crippen LogP contribution in [0.15, 0.2) is 0 Å². The molecule has 0 aromatic heterocycles. The maximum atomic E-state index is 12.5. The minimum absolute atomic E-state index is 0.0844. The third-order valence-electron chi connectivity index (χ3n) is 4.78. The Labute approximate surface area is 107 Å². The number of fused-ring (bicyclic) bond motifs is 1. The third kappa shape index (κ3) is 2.00. The number of rotatable bonds is 4. The van der Waals surface area contributed by atoms with Crippen LogP contribution in [0.25, 0.3) is 0 Å². The Balaban J connectivity index is 1.68. The van der Waals surface area contributed by atoms with Crippen molar-refractivity contribution in [1.82, 2.24) is 10.2 Å². The second-order valence-electron chi connectivity index (χ2n) is 5.86. The molecule has 0 aromatic rings. The van der Waals surface area contributed by atoms with Gasteiger partial charge in [0.25, 0.3) is 0 Å². The van der Waals surface area contributed by atoms with E-state index in [-0.39, 0.29) is 24.4 Å². The van der Waals surface area contributed by atoms with Crippen molar-refractivity contribution in [2.45, 2.75) is 31.7 Å². The summed E-state index contributed by atoms with van der Waals surface area (Å²) < 4.78 is 0. The first-order valence-corrected chi connectivity index (χ1v) is 6.98. The van der Waals surface area contributed by atoms with Gasteiger partial charge in [-0.1, -0.05) is 6.42 Å². The van der Waals surface area contributed by atoms with Crippen LogP contribution in [0.2, 0.25) is 0 Å². The summed E-state index contributed by atoms with van der Waals surface area (Å²) in [4.78, 5) is 25.4. The number of hydrogen-bond donors (Lipinski definition) is 2. The maximum Gasteiger partial charge on any atom is 0.237 e. The van der Waals surface area contributed by atoms with Crippen molar-refractivity contribution in [1.29, 1.82) is 0 Å². The standard InChI is InChI=1S/C13H21N3O2/c14-11(17)7-16(8-4-5-15-6-8)13(18)12-9-2-1-3-10(9)12/h8-10,12,15H,1-7H2,(H2,14,17). The molecule has 2 saturated carbocycles. The lowest BCUT2D eigenvalue weighted by Crippen LogP contribution is -2.47. The van der Waals surface area contributed by atoms with Crippen LogP contribution in [0.3, 0.4) is 0 Å². The van der Waals surface area contributed by atoms with Gasteiger partial charge in [0.15, 0.2) is 0 Å². The smallest absolute Gasteiger partial charge is 0.237 e. The first-order valence-electron chi connectivity index (χ1n) is 6.98. The van der Waals surface area contributed by atoms with E-state index in [1.165, 1.54) is 19.3 Å². The van der Waals surface area contributed by atoms with Gasteiger partial charge < -0.3 is 16.0 Å². The van der Waals surface area contributed by atoms with Gasteiger partial charge in [-0.2, -0.15) is 0 Å². The van der Waals surface area contributed by atoms with E-state index in [9.17, 15) is 9.59 Å². The van der Waals surface area contributed by atoms with E-state index in [0.717, 1.165) is 19.5 Å². The zero-order chi connectivity index (χ0) is 12.7. The van der Waals surface area contributed by atoms with Crippen molar-refractivity contribution >= 4 is 11.8 Å². The van der Waals surface area contributed by atoms with Gasteiger partial charge in [-0.3, -0.25) is 9.59 Å². The first-order chi connectivity index (χ1) is 8.68. The molecule has 18 heavy (non-hydrogen) atoms. The van der Waals surface area contributed by atoms with Crippen molar-refractivity contribution in [3.05, 3.63) is 0 Å². The minimum Gasteiger partial charge on any atom is -0.368 e. The Hall–Kier alpha value is -1.10. The van der Waals surface area contributed by atoms with Crippen LogP contribution in [0.1, 0.15) is 25.7 Å². The number of nitrogens with two attached hydrogens (primary N) is 1. The zero-order valence-corrected chi connectivity index (χ0v) is 10.6. The highest BCUT2D eigenvalue weighted by molar-refractivity contribution is 5.87. The molecule has 3 rings (SSSR count). The number of carbonyl (C=O) groups is 2. The molecular weight excluding hydrogens is 230 g/mol. The summed E-state index contributed by atoms with van der Waals surface area (Å²) in [5.41, 5.74) is 5.28. The summed E-state index contributed by atoms with van der Waals surface area (Å²) in [6, 6.07) is 0.159. The number of nitrogens with zero attached hydrogens (tertiary/aromatic N) is 1. The van der Waals surface area contributed by atoms with Gasteiger partial charge in [0.1, 0.15) is 0 Å². The SMILES string of the molecule is NC(=O)CN(C(=O)C1C2CCCC21)C1CCNC1. The average molecular weight is 251 g/mol. The van der Waals surface area contributed by atoms with E-state index in [1.54, 1.807) is 4.90 Å². The molecule has 3 unspecified atom stereocenters. The van der Waals surface area contributed by atoms with Gasteiger partial charge in [0, 0.05) is 18.5 Å². The number of nitrogens with one attached hydrogen (secondary N) is 1. The van der Waals surface area contributed by atoms with Gasteiger partial charge in [0.05, 0.1) is 6.54 Å². The first kappa shape index (κ1) is 12.0. The molecular formula is C13H21N3O2. The molecule has 0 spiro atoms. The van der Waals surface area contributed by atoms with Gasteiger partial charge >= 0.3 is 0 Å². The summed E-state index contributed by atoms with van der Waals surface area (Å²) in [6.45, 7) is 1.80. The Morgan fingerprint density at radius 3 is 2.50 bits per heavy atom. The van der Waals surface area contributed by atoms with E-state index in [0.29, 0.717) is 11.8 Å². The largest absolute Gasteiger partial charge is 0.368 e. The molecule has 1 aliphatic heterocycles. The van der Waals surface area contributed by atoms with Crippen LogP contribution in [0.4, 0.5) is 0 Å². The molecule has 3 fully saturated rings. The predicted molar refractivity (Wildman–Crippen MR) is 66.5 cm³/mol. The van der Waals surface area contributed by atoms with Crippen molar-refractivity contribution in [3.63, 3.8) is 0 Å². The molecule has 3 N–H and O–H groups in total. The molecule has 2 aliphatic carbocycles. The minimum atomic E-state index is -0.402. The molecule has 3 aliphatic rings. The highest BCUT2D eigenvalue weighted by Crippen LogP contribution is 2.58. The zero-order valence-electron chi connectivity index (χ0n) is 10.6. The second kappa shape index (κ2) is 4.53. The second-order valence-corrected chi connectivity index (χ2v) is 5.86. The molecule has 1 saturated heterocycles. The van der Waals surface area contributed by atoms with E-state index in [4.69, 9.17) is 5.73 Å². The highest BCUT2D eigenvalue weighted by Gasteiger charge is 2.58. The van der Waals surface area contributed by atoms with Crippen molar-refractivity contribution in [3.8, 4) is 0 Å². The number of primary amides is 1. The van der Waals surface area contributed by atoms with Crippen LogP contribution < -0.4 is 11.1 Å². The Kier molecular flexibility index (Phi) is 3.01. The lowest BCUT2D eigenvalue weighted by Gasteiger charge is -2.28. The normalized spacial score (nSPS) is 37.3. The quantitative estimate of drug-likeness (QED) is 0.721. The Bertz CT molecular complexity index is 355. The van der Waals surface area contributed by atoms with Crippen LogP contribution in [-0.4, -0.2) is 42.4 Å². The fraction of sp³-hybridized carbons (Fsp3) is 0.846. The summed E-state index contributed by atoms with van der Waals surface area (Å²) >= 11 is 0. The summed E-state index contributed by atoms with van der Waals surface area (Å²) in [5.74, 6) is 1.17. The predicted octanol–water partition coefficient (Wildman–Crippen LogP) is -0.292. The molecule has 100 valence electrons. The Morgan fingerprint density at radius 1 is 1.22 bits per heavy atom. The van der Waals surface area contributed by atoms with Gasteiger partial charge in [-0.05, 0) is 37.6 Å². The fourth-order valence-electron chi connectivity index (χ4n) is 3.84. The third-order valence-corrected chi connectivity index (χ3v) is 4.78. The topological polar surface area (TPSA) is 75.4 Å². The van der Waals surface area contributed by atoms with Crippen molar-refractivity contribution in [2.24, 2.45) is 23.5 Å². The summed E-state index contributed by atoms with van der Waals surface area (Å²) in [5, 5.41) is 3.24. The van der Waals surface area contributed by atoms with E-state index in [2.05, 4.69) is 5.32 Å². The molecule has 2 amide bonds. The van der Waals surface area contributed by atoms with E-state index < -0.39 is 5.91 Å². The van der Waals surface area contributed by atoms with Gasteiger partial charge in [-0.15, -0.1) is 0 Å². The van der Waals surface area contributed by atoms with E-state index >= 15 is 0 Å². The fourth-order valence-corrected chi connectivity index (χ4v) is 3.84. The average Bonchev–Trinajstić information content (AvgIpc) is 2.81. The van der Waals surface area contributed by atoms with Gasteiger partial charge in [-0.25, -0.2) is 0 Å². The van der Waals surface area contributed by atoms with Crippen molar-refractivity contribution in [2.75, 3.05) is 19.6 Å². The monoisotopic (exact) mass is 251 g/mol. The molecule has 5 nitrogen and oxygen atoms in total. The lowest BCUT2D eigenvalue weighted by molar-refractivity contribution is -0.139. The highest BCUT2D eigenvalue weighted by atomic mass is 16.2. The molecule has 3 atom stereocenters. The molecule has 0 radical (unpaired) electrons. The van der Waals surface area contributed by atoms with Crippen LogP contribution in [0.5, 0.6) is 0 Å². The van der Waals surface area contributed by atoms with Crippen LogP contribution >= 0.6 is 0 Å². The molecule has 1 heterocycles. The van der Waals surface area contributed by atoms with Crippen molar-refractivity contribution < 1.29 is 9.59 Å². The lowest BCUT2D eigenvalue weighted by atomic mass is 10.1. The summed E-state index contributed by atoms with van der Waals surface area (Å²) in [7, 11) is 0. The Morgan fingerprint density at radius 2 is 1.94 bits per heavy atom. The number of amides is 2. The van der Waals surface area contributed by atoms with Crippen LogP contribution in [-0.2, 0) is 9.59 Å². The van der Waals surface area contributed by atoms with E-state index in [1.807, 2.05) is 0 Å². The number of carbonyl (C=O) groups excluding carboxylic acids is 2. The molecule has 0 aromatic carbocycles. The maximum absolute atomic E-state index is 12.5. The van der Waals surface area contributed by atoms with Gasteiger partial charge in [0.2, 0.25) is 11.8 Å². The van der Waals surface area contributed by atoms with Crippen LogP contribution in [0, 0.1) is 17.8 Å². The summed E-state index contributed by atoms with van der Waals surface area (Å²) in [6.07, 6.45) is 4.57. The molecule has 0 bridgehead atoms. The number of hydrogen-bond acceptors (Lipinski definition) is 3. The molecule has 5 heteroatoms.